The van der Waals surface area contributed by atoms with E-state index in [1.807, 2.05) is 86.5 Å². The maximum Gasteiger partial charge on any atom is 0.241 e. The zero-order chi connectivity index (χ0) is 49.4. The van der Waals surface area contributed by atoms with E-state index in [0.29, 0.717) is 143 Å². The van der Waals surface area contributed by atoms with Crippen LogP contribution in [0.25, 0.3) is 21.5 Å². The number of fused-ring (bicyclic) bond motifs is 2. The molecule has 388 valence electrons. The average Bonchev–Trinajstić information content (AvgIpc) is 3.34. The van der Waals surface area contributed by atoms with E-state index in [1.54, 1.807) is 24.3 Å². The van der Waals surface area contributed by atoms with Gasteiger partial charge in [-0.15, -0.1) is 0 Å². The highest BCUT2D eigenvalue weighted by Crippen LogP contribution is 2.31. The number of ether oxygens (including phenoxy) is 11. The first-order chi connectivity index (χ1) is 33.5. The Balaban J connectivity index is 0.806. The predicted octanol–water partition coefficient (Wildman–Crippen LogP) is 3.56. The third-order valence-corrected chi connectivity index (χ3v) is 13.1. The van der Waals surface area contributed by atoms with Crippen LogP contribution in [0.5, 0.6) is 0 Å². The fourth-order valence-corrected chi connectivity index (χ4v) is 9.20. The molecule has 2 N–H and O–H groups in total. The van der Waals surface area contributed by atoms with Gasteiger partial charge in [0.05, 0.1) is 155 Å². The van der Waals surface area contributed by atoms with Crippen molar-refractivity contribution in [3.8, 4) is 0 Å². The van der Waals surface area contributed by atoms with Crippen molar-refractivity contribution in [3.63, 3.8) is 0 Å². The topological polar surface area (TPSA) is 200 Å². The van der Waals surface area contributed by atoms with Gasteiger partial charge in [-0.3, -0.25) is 0 Å². The summed E-state index contributed by atoms with van der Waals surface area (Å²) in [6.07, 6.45) is 0. The summed E-state index contributed by atoms with van der Waals surface area (Å²) >= 11 is 0. The second-order valence-electron chi connectivity index (χ2n) is 15.6. The summed E-state index contributed by atoms with van der Waals surface area (Å²) < 4.78 is 118. The van der Waals surface area contributed by atoms with Crippen LogP contribution in [0.15, 0.2) is 82.6 Å². The first-order valence-corrected chi connectivity index (χ1v) is 26.2. The lowest BCUT2D eigenvalue weighted by Crippen LogP contribution is -2.28. The van der Waals surface area contributed by atoms with Crippen LogP contribution in [-0.2, 0) is 72.2 Å². The first kappa shape index (κ1) is 58.0. The molecule has 0 aliphatic carbocycles. The number of anilines is 2. The smallest absolute Gasteiger partial charge is 0.241 e. The highest BCUT2D eigenvalue weighted by molar-refractivity contribution is 7.90. The van der Waals surface area contributed by atoms with Gasteiger partial charge in [-0.2, -0.15) is 0 Å². The molecule has 0 fully saturated rings. The maximum absolute atomic E-state index is 13.0. The van der Waals surface area contributed by atoms with Gasteiger partial charge in [0.1, 0.15) is 0 Å². The lowest BCUT2D eigenvalue weighted by Gasteiger charge is -2.17. The molecule has 4 rings (SSSR count). The summed E-state index contributed by atoms with van der Waals surface area (Å²) in [5, 5.41) is 3.09. The van der Waals surface area contributed by atoms with Crippen LogP contribution in [0.4, 0.5) is 11.4 Å². The SMILES string of the molecule is CN(C)c1cccc2c(S(=O)(=O)NCCOCCOCCOCCOCCOCCOCCOCCOCCOCCOCCOCCNS(=O)(=O)c3cccc4c(N(C)C)cccc34)cccc12. The molecule has 0 unspecified atom stereocenters. The van der Waals surface area contributed by atoms with E-state index in [4.69, 9.17) is 52.1 Å². The zero-order valence-electron chi connectivity index (χ0n) is 40.7. The van der Waals surface area contributed by atoms with Gasteiger partial charge in [0.2, 0.25) is 20.0 Å². The Morgan fingerprint density at radius 2 is 0.536 bits per heavy atom. The molecule has 0 aliphatic rings. The second-order valence-corrected chi connectivity index (χ2v) is 19.0. The van der Waals surface area contributed by atoms with Crippen molar-refractivity contribution in [3.05, 3.63) is 72.8 Å². The van der Waals surface area contributed by atoms with Crippen LogP contribution in [0.2, 0.25) is 0 Å². The van der Waals surface area contributed by atoms with E-state index >= 15 is 0 Å². The predicted molar refractivity (Wildman–Crippen MR) is 266 cm³/mol. The van der Waals surface area contributed by atoms with E-state index in [0.717, 1.165) is 22.1 Å². The van der Waals surface area contributed by atoms with Crippen molar-refractivity contribution in [2.24, 2.45) is 0 Å². The summed E-state index contributed by atoms with van der Waals surface area (Å²) in [7, 11) is 0.295. The molecule has 19 nitrogen and oxygen atoms in total. The van der Waals surface area contributed by atoms with Gasteiger partial charge in [-0.25, -0.2) is 26.3 Å². The molecule has 0 heterocycles. The molecule has 0 amide bonds. The minimum absolute atomic E-state index is 0.149. The largest absolute Gasteiger partial charge is 0.378 e. The van der Waals surface area contributed by atoms with Crippen LogP contribution in [0, 0.1) is 0 Å². The highest BCUT2D eigenvalue weighted by atomic mass is 32.2. The van der Waals surface area contributed by atoms with Crippen LogP contribution < -0.4 is 19.2 Å². The fourth-order valence-electron chi connectivity index (χ4n) is 6.73. The van der Waals surface area contributed by atoms with Gasteiger partial charge in [0.25, 0.3) is 0 Å². The Morgan fingerprint density at radius 3 is 0.783 bits per heavy atom. The summed E-state index contributed by atoms with van der Waals surface area (Å²) in [4.78, 5) is 4.40. The molecule has 21 heteroatoms. The van der Waals surface area contributed by atoms with Crippen LogP contribution in [-0.4, -0.2) is 203 Å². The summed E-state index contributed by atoms with van der Waals surface area (Å²) in [5.41, 5.74) is 1.90. The van der Waals surface area contributed by atoms with Gasteiger partial charge in [-0.05, 0) is 24.3 Å². The lowest BCUT2D eigenvalue weighted by atomic mass is 10.1. The normalized spacial score (nSPS) is 12.1. The first-order valence-electron chi connectivity index (χ1n) is 23.3. The molecule has 0 aliphatic heterocycles. The summed E-state index contributed by atoms with van der Waals surface area (Å²) in [6, 6.07) is 21.8. The standard InChI is InChI=1S/C48H74N4O15S2/c1-51(2)45-13-5-11-43-41(45)9-7-15-47(43)68(53,54)49-17-19-57-21-23-59-25-27-61-29-31-63-33-35-65-37-39-67-40-38-66-36-34-64-32-30-62-28-26-60-24-22-58-20-18-50-69(55,56)48-16-8-10-42-44(48)12-6-14-46(42)52(3)4/h5-16,49-50H,17-40H2,1-4H3. The molecule has 4 aromatic carbocycles. The van der Waals surface area contributed by atoms with Crippen LogP contribution in [0.1, 0.15) is 0 Å². The van der Waals surface area contributed by atoms with E-state index in [2.05, 4.69) is 9.44 Å². The molecule has 0 saturated heterocycles. The Bertz CT molecular complexity index is 2080. The van der Waals surface area contributed by atoms with E-state index in [9.17, 15) is 16.8 Å². The molecule has 0 aromatic heterocycles. The monoisotopic (exact) mass is 1010 g/mol. The number of hydrogen-bond donors (Lipinski definition) is 2. The Hall–Kier alpha value is -3.62. The molecule has 4 aromatic rings. The van der Waals surface area contributed by atoms with Crippen molar-refractivity contribution in [2.45, 2.75) is 9.79 Å². The maximum atomic E-state index is 13.0. The third-order valence-electron chi connectivity index (χ3n) is 10.1. The summed E-state index contributed by atoms with van der Waals surface area (Å²) in [5.74, 6) is 0. The highest BCUT2D eigenvalue weighted by Gasteiger charge is 2.19. The van der Waals surface area contributed by atoms with Gasteiger partial charge in [-0.1, -0.05) is 48.5 Å². The Labute approximate surface area is 408 Å². The number of sulfonamides is 2. The quantitative estimate of drug-likeness (QED) is 0.0610. The third kappa shape index (κ3) is 22.1. The molecule has 0 bridgehead atoms. The van der Waals surface area contributed by atoms with Crippen LogP contribution in [0.3, 0.4) is 0 Å². The number of benzene rings is 4. The number of nitrogens with zero attached hydrogens (tertiary/aromatic N) is 2. The van der Waals surface area contributed by atoms with E-state index in [-0.39, 0.29) is 36.1 Å². The van der Waals surface area contributed by atoms with Crippen molar-refractivity contribution in [1.82, 2.24) is 9.44 Å². The molecular formula is C48H74N4O15S2. The minimum Gasteiger partial charge on any atom is -0.378 e. The molecule has 0 saturated carbocycles. The van der Waals surface area contributed by atoms with Gasteiger partial charge in [0, 0.05) is 74.2 Å². The van der Waals surface area contributed by atoms with Gasteiger partial charge in [0.15, 0.2) is 0 Å². The molecule has 0 atom stereocenters. The molecule has 0 spiro atoms. The molecular weight excluding hydrogens is 937 g/mol. The van der Waals surface area contributed by atoms with Gasteiger partial charge < -0.3 is 61.9 Å². The van der Waals surface area contributed by atoms with E-state index < -0.39 is 20.0 Å². The summed E-state index contributed by atoms with van der Waals surface area (Å²) in [6.45, 7) is 9.26. The fraction of sp³-hybridized carbons (Fsp3) is 0.583. The van der Waals surface area contributed by atoms with E-state index in [1.165, 1.54) is 0 Å². The average molecular weight is 1010 g/mol. The van der Waals surface area contributed by atoms with Crippen molar-refractivity contribution in [1.29, 1.82) is 0 Å². The van der Waals surface area contributed by atoms with Crippen LogP contribution >= 0.6 is 0 Å². The number of nitrogens with one attached hydrogen (secondary N) is 2. The second kappa shape index (κ2) is 33.9. The molecule has 69 heavy (non-hydrogen) atoms. The Morgan fingerprint density at radius 1 is 0.319 bits per heavy atom. The Kier molecular flexibility index (Phi) is 28.4. The minimum atomic E-state index is -3.71. The number of rotatable bonds is 42. The van der Waals surface area contributed by atoms with Crippen molar-refractivity contribution >= 4 is 53.0 Å². The number of hydrogen-bond acceptors (Lipinski definition) is 17. The van der Waals surface area contributed by atoms with Crippen molar-refractivity contribution < 1.29 is 68.9 Å². The lowest BCUT2D eigenvalue weighted by molar-refractivity contribution is -0.0274. The van der Waals surface area contributed by atoms with Gasteiger partial charge >= 0.3 is 0 Å². The van der Waals surface area contributed by atoms with Crippen molar-refractivity contribution in [2.75, 3.05) is 196 Å². The molecule has 0 radical (unpaired) electrons. The zero-order valence-corrected chi connectivity index (χ0v) is 42.4.